The van der Waals surface area contributed by atoms with Gasteiger partial charge in [0.15, 0.2) is 0 Å². The van der Waals surface area contributed by atoms with Crippen LogP contribution in [0.4, 0.5) is 0 Å². The number of carbonyl (C=O) groups is 1. The fourth-order valence-corrected chi connectivity index (χ4v) is 4.60. The lowest BCUT2D eigenvalue weighted by Gasteiger charge is -2.31. The molecule has 126 valence electrons. The smallest absolute Gasteiger partial charge is 0.243 e. The Morgan fingerprint density at radius 3 is 2.70 bits per heavy atom. The number of rotatable bonds is 4. The summed E-state index contributed by atoms with van der Waals surface area (Å²) in [5.74, 6) is -0.283. The molecule has 5 nitrogen and oxygen atoms in total. The fourth-order valence-electron chi connectivity index (χ4n) is 2.80. The van der Waals surface area contributed by atoms with Gasteiger partial charge in [0.1, 0.15) is 0 Å². The molecule has 1 aromatic rings. The first kappa shape index (κ1) is 16.7. The highest BCUT2D eigenvalue weighted by Gasteiger charge is 2.35. The molecule has 1 heterocycles. The van der Waals surface area contributed by atoms with Gasteiger partial charge in [-0.3, -0.25) is 4.79 Å². The second kappa shape index (κ2) is 6.42. The average molecular weight is 357 g/mol. The molecular weight excluding hydrogens is 336 g/mol. The molecule has 1 N–H and O–H groups in total. The first-order chi connectivity index (χ1) is 10.9. The van der Waals surface area contributed by atoms with Crippen molar-refractivity contribution in [1.82, 2.24) is 9.62 Å². The van der Waals surface area contributed by atoms with Gasteiger partial charge in [-0.15, -0.1) is 0 Å². The molecule has 1 aliphatic heterocycles. The Morgan fingerprint density at radius 2 is 2.04 bits per heavy atom. The maximum Gasteiger partial charge on any atom is 0.243 e. The van der Waals surface area contributed by atoms with E-state index in [4.69, 9.17) is 11.6 Å². The molecule has 1 amide bonds. The molecule has 0 aromatic heterocycles. The topological polar surface area (TPSA) is 66.5 Å². The van der Waals surface area contributed by atoms with Crippen LogP contribution in [0.15, 0.2) is 23.1 Å². The maximum atomic E-state index is 12.8. The zero-order valence-corrected chi connectivity index (χ0v) is 14.7. The number of nitrogens with zero attached hydrogens (tertiary/aromatic N) is 1. The largest absolute Gasteiger partial charge is 0.353 e. The number of nitrogens with one attached hydrogen (secondary N) is 1. The second-order valence-electron chi connectivity index (χ2n) is 6.40. The summed E-state index contributed by atoms with van der Waals surface area (Å²) in [5, 5.41) is 3.41. The van der Waals surface area contributed by atoms with E-state index in [1.165, 1.54) is 10.4 Å². The SMILES string of the molecule is Cc1ccc(S(=O)(=O)N2CCCC(C(=O)NC3CC3)C2)cc1Cl. The average Bonchev–Trinajstić information content (AvgIpc) is 3.34. The Labute approximate surface area is 142 Å². The molecule has 1 aromatic carbocycles. The highest BCUT2D eigenvalue weighted by atomic mass is 35.5. The van der Waals surface area contributed by atoms with Crippen LogP contribution in [0.25, 0.3) is 0 Å². The lowest BCUT2D eigenvalue weighted by atomic mass is 9.99. The number of piperidine rings is 1. The van der Waals surface area contributed by atoms with E-state index in [9.17, 15) is 13.2 Å². The quantitative estimate of drug-likeness (QED) is 0.900. The molecular formula is C16H21ClN2O3S. The molecule has 3 rings (SSSR count). The van der Waals surface area contributed by atoms with E-state index in [1.807, 2.05) is 6.92 Å². The monoisotopic (exact) mass is 356 g/mol. The van der Waals surface area contributed by atoms with Crippen molar-refractivity contribution < 1.29 is 13.2 Å². The molecule has 1 saturated heterocycles. The molecule has 2 fully saturated rings. The first-order valence-electron chi connectivity index (χ1n) is 7.94. The molecule has 1 saturated carbocycles. The Morgan fingerprint density at radius 1 is 1.30 bits per heavy atom. The van der Waals surface area contributed by atoms with E-state index >= 15 is 0 Å². The molecule has 2 aliphatic rings. The Kier molecular flexibility index (Phi) is 4.67. The lowest BCUT2D eigenvalue weighted by Crippen LogP contribution is -2.45. The Balaban J connectivity index is 1.75. The van der Waals surface area contributed by atoms with Crippen LogP contribution in [0, 0.1) is 12.8 Å². The van der Waals surface area contributed by atoms with Gasteiger partial charge < -0.3 is 5.32 Å². The van der Waals surface area contributed by atoms with Crippen molar-refractivity contribution in [2.45, 2.75) is 43.5 Å². The van der Waals surface area contributed by atoms with Gasteiger partial charge in [-0.2, -0.15) is 4.31 Å². The predicted octanol–water partition coefficient (Wildman–Crippen LogP) is 2.33. The van der Waals surface area contributed by atoms with Crippen molar-refractivity contribution in [2.24, 2.45) is 5.92 Å². The van der Waals surface area contributed by atoms with Gasteiger partial charge in [0.25, 0.3) is 0 Å². The Bertz CT molecular complexity index is 716. The van der Waals surface area contributed by atoms with Gasteiger partial charge >= 0.3 is 0 Å². The normalized spacial score (nSPS) is 22.8. The van der Waals surface area contributed by atoms with Crippen LogP contribution in [0.2, 0.25) is 5.02 Å². The lowest BCUT2D eigenvalue weighted by molar-refractivity contribution is -0.126. The van der Waals surface area contributed by atoms with Crippen LogP contribution in [-0.4, -0.2) is 37.8 Å². The van der Waals surface area contributed by atoms with Crippen LogP contribution in [0.3, 0.4) is 0 Å². The summed E-state index contributed by atoms with van der Waals surface area (Å²) < 4.78 is 27.0. The molecule has 0 spiro atoms. The van der Waals surface area contributed by atoms with Crippen molar-refractivity contribution in [2.75, 3.05) is 13.1 Å². The third-order valence-corrected chi connectivity index (χ3v) is 6.73. The van der Waals surface area contributed by atoms with Crippen molar-refractivity contribution in [3.8, 4) is 0 Å². The number of sulfonamides is 1. The number of hydrogen-bond acceptors (Lipinski definition) is 3. The van der Waals surface area contributed by atoms with Crippen molar-refractivity contribution in [1.29, 1.82) is 0 Å². The predicted molar refractivity (Wildman–Crippen MR) is 88.8 cm³/mol. The van der Waals surface area contributed by atoms with E-state index in [2.05, 4.69) is 5.32 Å². The number of halogens is 1. The zero-order valence-electron chi connectivity index (χ0n) is 13.1. The van der Waals surface area contributed by atoms with Gasteiger partial charge in [-0.05, 0) is 50.3 Å². The Hall–Kier alpha value is -1.11. The maximum absolute atomic E-state index is 12.8. The number of aryl methyl sites for hydroxylation is 1. The minimum atomic E-state index is -3.61. The van der Waals surface area contributed by atoms with Gasteiger partial charge in [0.05, 0.1) is 10.8 Å². The molecule has 1 aliphatic carbocycles. The van der Waals surface area contributed by atoms with Crippen molar-refractivity contribution in [3.63, 3.8) is 0 Å². The van der Waals surface area contributed by atoms with E-state index in [1.54, 1.807) is 12.1 Å². The van der Waals surface area contributed by atoms with Crippen LogP contribution in [-0.2, 0) is 14.8 Å². The van der Waals surface area contributed by atoms with Gasteiger partial charge in [0, 0.05) is 24.2 Å². The molecule has 23 heavy (non-hydrogen) atoms. The van der Waals surface area contributed by atoms with Gasteiger partial charge in [-0.1, -0.05) is 17.7 Å². The first-order valence-corrected chi connectivity index (χ1v) is 9.76. The third-order valence-electron chi connectivity index (χ3n) is 4.46. The molecule has 7 heteroatoms. The summed E-state index contributed by atoms with van der Waals surface area (Å²) in [7, 11) is -3.61. The molecule has 1 atom stereocenters. The minimum Gasteiger partial charge on any atom is -0.353 e. The van der Waals surface area contributed by atoms with Gasteiger partial charge in [0.2, 0.25) is 15.9 Å². The number of carbonyl (C=O) groups excluding carboxylic acids is 1. The summed E-state index contributed by atoms with van der Waals surface area (Å²) in [6.07, 6.45) is 3.49. The molecule has 0 radical (unpaired) electrons. The number of amides is 1. The second-order valence-corrected chi connectivity index (χ2v) is 8.74. The van der Waals surface area contributed by atoms with Crippen LogP contribution < -0.4 is 5.32 Å². The van der Waals surface area contributed by atoms with E-state index in [-0.39, 0.29) is 23.3 Å². The summed E-state index contributed by atoms with van der Waals surface area (Å²) in [6, 6.07) is 5.06. The summed E-state index contributed by atoms with van der Waals surface area (Å²) in [6.45, 7) is 2.52. The zero-order chi connectivity index (χ0) is 16.6. The summed E-state index contributed by atoms with van der Waals surface area (Å²) >= 11 is 6.06. The standard InChI is InChI=1S/C16H21ClN2O3S/c1-11-4-7-14(9-15(11)17)23(21,22)19-8-2-3-12(10-19)16(20)18-13-5-6-13/h4,7,9,12-13H,2-3,5-6,8,10H2,1H3,(H,18,20). The van der Waals surface area contributed by atoms with Crippen LogP contribution in [0.1, 0.15) is 31.2 Å². The molecule has 1 unspecified atom stereocenters. The van der Waals surface area contributed by atoms with E-state index in [0.717, 1.165) is 24.8 Å². The minimum absolute atomic E-state index is 0.0191. The van der Waals surface area contributed by atoms with Gasteiger partial charge in [-0.25, -0.2) is 8.42 Å². The van der Waals surface area contributed by atoms with Crippen molar-refractivity contribution >= 4 is 27.5 Å². The highest BCUT2D eigenvalue weighted by Crippen LogP contribution is 2.27. The van der Waals surface area contributed by atoms with E-state index < -0.39 is 10.0 Å². The van der Waals surface area contributed by atoms with E-state index in [0.29, 0.717) is 24.0 Å². The fraction of sp³-hybridized carbons (Fsp3) is 0.562. The highest BCUT2D eigenvalue weighted by molar-refractivity contribution is 7.89. The molecule has 0 bridgehead atoms. The van der Waals surface area contributed by atoms with Crippen molar-refractivity contribution in [3.05, 3.63) is 28.8 Å². The summed E-state index contributed by atoms with van der Waals surface area (Å²) in [4.78, 5) is 12.4. The summed E-state index contributed by atoms with van der Waals surface area (Å²) in [5.41, 5.74) is 0.839. The van der Waals surface area contributed by atoms with Crippen LogP contribution >= 0.6 is 11.6 Å². The number of hydrogen-bond donors (Lipinski definition) is 1. The van der Waals surface area contributed by atoms with Crippen LogP contribution in [0.5, 0.6) is 0 Å². The number of benzene rings is 1. The third kappa shape index (κ3) is 3.70.